The van der Waals surface area contributed by atoms with E-state index in [4.69, 9.17) is 15.2 Å². The number of hydrogen-bond acceptors (Lipinski definition) is 5. The van der Waals surface area contributed by atoms with Gasteiger partial charge in [-0.3, -0.25) is 9.48 Å². The van der Waals surface area contributed by atoms with Crippen molar-refractivity contribution in [1.29, 1.82) is 0 Å². The van der Waals surface area contributed by atoms with Gasteiger partial charge in [-0.1, -0.05) is 36.4 Å². The van der Waals surface area contributed by atoms with E-state index in [1.165, 1.54) is 0 Å². The number of rotatable bonds is 8. The molecule has 0 atom stereocenters. The standard InChI is InChI=1S/C26H27N3O3/c1-3-31-26(30)14-21-8-4-5-10-25(21)32-17-19-12-22(20-9-6-7-18(11-20)15-27)23-16-28-29(2)24(23)13-19/h4-13,16H,3,14-15,17,27H2,1-2H3. The normalized spacial score (nSPS) is 11.0. The van der Waals surface area contributed by atoms with E-state index in [2.05, 4.69) is 29.4 Å². The predicted octanol–water partition coefficient (Wildman–Crippen LogP) is 4.38. The van der Waals surface area contributed by atoms with E-state index in [-0.39, 0.29) is 12.4 Å². The van der Waals surface area contributed by atoms with Crippen LogP contribution in [0.25, 0.3) is 22.0 Å². The number of ether oxygens (including phenoxy) is 2. The van der Waals surface area contributed by atoms with E-state index >= 15 is 0 Å². The van der Waals surface area contributed by atoms with Gasteiger partial charge >= 0.3 is 5.97 Å². The molecular weight excluding hydrogens is 402 g/mol. The molecule has 2 N–H and O–H groups in total. The molecule has 0 saturated carbocycles. The second kappa shape index (κ2) is 9.66. The lowest BCUT2D eigenvalue weighted by Gasteiger charge is -2.13. The summed E-state index contributed by atoms with van der Waals surface area (Å²) in [5.74, 6) is 0.416. The number of carbonyl (C=O) groups is 1. The topological polar surface area (TPSA) is 79.4 Å². The van der Waals surface area contributed by atoms with Crippen molar-refractivity contribution < 1.29 is 14.3 Å². The number of hydrogen-bond donors (Lipinski definition) is 1. The largest absolute Gasteiger partial charge is 0.489 e. The van der Waals surface area contributed by atoms with Crippen LogP contribution in [0, 0.1) is 0 Å². The summed E-state index contributed by atoms with van der Waals surface area (Å²) in [7, 11) is 1.93. The molecule has 32 heavy (non-hydrogen) atoms. The zero-order valence-corrected chi connectivity index (χ0v) is 18.4. The zero-order valence-electron chi connectivity index (χ0n) is 18.4. The van der Waals surface area contributed by atoms with E-state index in [9.17, 15) is 4.79 Å². The van der Waals surface area contributed by atoms with Gasteiger partial charge in [0.15, 0.2) is 0 Å². The van der Waals surface area contributed by atoms with Crippen molar-refractivity contribution in [3.8, 4) is 16.9 Å². The molecule has 164 valence electrons. The Morgan fingerprint density at radius 2 is 1.91 bits per heavy atom. The Balaban J connectivity index is 1.65. The molecule has 0 unspecified atom stereocenters. The Bertz CT molecular complexity index is 1250. The van der Waals surface area contributed by atoms with Crippen LogP contribution in [0.3, 0.4) is 0 Å². The van der Waals surface area contributed by atoms with Crippen LogP contribution < -0.4 is 10.5 Å². The molecule has 1 aromatic heterocycles. The zero-order chi connectivity index (χ0) is 22.5. The van der Waals surface area contributed by atoms with Crippen LogP contribution in [0.5, 0.6) is 5.75 Å². The molecule has 0 spiro atoms. The van der Waals surface area contributed by atoms with E-state index in [0.717, 1.165) is 38.7 Å². The first-order valence-corrected chi connectivity index (χ1v) is 10.7. The molecule has 0 radical (unpaired) electrons. The lowest BCUT2D eigenvalue weighted by molar-refractivity contribution is -0.142. The summed E-state index contributed by atoms with van der Waals surface area (Å²) in [4.78, 5) is 12.0. The van der Waals surface area contributed by atoms with Gasteiger partial charge in [0, 0.05) is 24.5 Å². The fourth-order valence-electron chi connectivity index (χ4n) is 3.81. The quantitative estimate of drug-likeness (QED) is 0.421. The van der Waals surface area contributed by atoms with Crippen molar-refractivity contribution in [2.24, 2.45) is 12.8 Å². The highest BCUT2D eigenvalue weighted by atomic mass is 16.5. The fraction of sp³-hybridized carbons (Fsp3) is 0.231. The first-order chi connectivity index (χ1) is 15.6. The average Bonchev–Trinajstić information content (AvgIpc) is 3.19. The second-order valence-corrected chi connectivity index (χ2v) is 7.63. The van der Waals surface area contributed by atoms with Crippen molar-refractivity contribution in [1.82, 2.24) is 9.78 Å². The molecule has 3 aromatic carbocycles. The molecule has 0 aliphatic heterocycles. The van der Waals surface area contributed by atoms with Crippen LogP contribution in [0.4, 0.5) is 0 Å². The summed E-state index contributed by atoms with van der Waals surface area (Å²) in [6.45, 7) is 3.02. The van der Waals surface area contributed by atoms with Gasteiger partial charge in [-0.2, -0.15) is 5.10 Å². The van der Waals surface area contributed by atoms with Crippen molar-refractivity contribution in [2.75, 3.05) is 6.61 Å². The molecule has 4 rings (SSSR count). The fourth-order valence-corrected chi connectivity index (χ4v) is 3.81. The first kappa shape index (κ1) is 21.6. The van der Waals surface area contributed by atoms with E-state index in [1.54, 1.807) is 6.92 Å². The maximum absolute atomic E-state index is 12.0. The third-order valence-electron chi connectivity index (χ3n) is 5.41. The van der Waals surface area contributed by atoms with Crippen LogP contribution in [-0.2, 0) is 36.2 Å². The maximum Gasteiger partial charge on any atom is 0.310 e. The summed E-state index contributed by atoms with van der Waals surface area (Å²) in [5, 5.41) is 5.52. The Morgan fingerprint density at radius 3 is 2.72 bits per heavy atom. The van der Waals surface area contributed by atoms with Gasteiger partial charge in [-0.25, -0.2) is 0 Å². The van der Waals surface area contributed by atoms with Gasteiger partial charge in [0.1, 0.15) is 12.4 Å². The molecule has 0 fully saturated rings. The number of para-hydroxylation sites is 1. The Hall–Kier alpha value is -3.64. The van der Waals surface area contributed by atoms with Gasteiger partial charge in [0.25, 0.3) is 0 Å². The number of fused-ring (bicyclic) bond motifs is 1. The van der Waals surface area contributed by atoms with Crippen molar-refractivity contribution in [2.45, 2.75) is 26.5 Å². The molecule has 6 heteroatoms. The van der Waals surface area contributed by atoms with Crippen molar-refractivity contribution in [3.63, 3.8) is 0 Å². The Kier molecular flexibility index (Phi) is 6.52. The minimum atomic E-state index is -0.262. The molecule has 0 aliphatic carbocycles. The predicted molar refractivity (Wildman–Crippen MR) is 125 cm³/mol. The number of nitrogens with two attached hydrogens (primary N) is 1. The highest BCUT2D eigenvalue weighted by Gasteiger charge is 2.13. The van der Waals surface area contributed by atoms with Crippen LogP contribution in [-0.4, -0.2) is 22.4 Å². The Morgan fingerprint density at radius 1 is 1.06 bits per heavy atom. The second-order valence-electron chi connectivity index (χ2n) is 7.63. The first-order valence-electron chi connectivity index (χ1n) is 10.7. The third-order valence-corrected chi connectivity index (χ3v) is 5.41. The number of esters is 1. The lowest BCUT2D eigenvalue weighted by Crippen LogP contribution is -2.09. The van der Waals surface area contributed by atoms with Crippen LogP contribution >= 0.6 is 0 Å². The molecule has 6 nitrogen and oxygen atoms in total. The molecule has 0 saturated heterocycles. The number of aryl methyl sites for hydroxylation is 1. The highest BCUT2D eigenvalue weighted by Crippen LogP contribution is 2.31. The summed E-state index contributed by atoms with van der Waals surface area (Å²) in [6, 6.07) is 20.0. The smallest absolute Gasteiger partial charge is 0.310 e. The van der Waals surface area contributed by atoms with E-state index < -0.39 is 0 Å². The van der Waals surface area contributed by atoms with Gasteiger partial charge in [0.05, 0.1) is 24.7 Å². The minimum Gasteiger partial charge on any atom is -0.489 e. The molecule has 0 amide bonds. The number of benzene rings is 3. The molecule has 4 aromatic rings. The van der Waals surface area contributed by atoms with Crippen molar-refractivity contribution in [3.05, 3.63) is 83.6 Å². The molecule has 0 bridgehead atoms. The molecular formula is C26H27N3O3. The number of aromatic nitrogens is 2. The highest BCUT2D eigenvalue weighted by molar-refractivity contribution is 5.95. The summed E-state index contributed by atoms with van der Waals surface area (Å²) in [6.07, 6.45) is 2.07. The van der Waals surface area contributed by atoms with Gasteiger partial charge < -0.3 is 15.2 Å². The summed E-state index contributed by atoms with van der Waals surface area (Å²) >= 11 is 0. The van der Waals surface area contributed by atoms with Crippen LogP contribution in [0.15, 0.2) is 66.9 Å². The van der Waals surface area contributed by atoms with Crippen molar-refractivity contribution >= 4 is 16.9 Å². The van der Waals surface area contributed by atoms with Gasteiger partial charge in [-0.15, -0.1) is 0 Å². The third kappa shape index (κ3) is 4.65. The summed E-state index contributed by atoms with van der Waals surface area (Å²) < 4.78 is 13.1. The average molecular weight is 430 g/mol. The van der Waals surface area contributed by atoms with Gasteiger partial charge in [-0.05, 0) is 53.4 Å². The van der Waals surface area contributed by atoms with E-state index in [1.807, 2.05) is 54.3 Å². The minimum absolute atomic E-state index is 0.182. The van der Waals surface area contributed by atoms with Crippen LogP contribution in [0.1, 0.15) is 23.6 Å². The number of carbonyl (C=O) groups excluding carboxylic acids is 1. The van der Waals surface area contributed by atoms with E-state index in [0.29, 0.717) is 25.5 Å². The Labute approximate surface area is 187 Å². The van der Waals surface area contributed by atoms with Gasteiger partial charge in [0.2, 0.25) is 0 Å². The lowest BCUT2D eigenvalue weighted by atomic mass is 9.97. The number of nitrogens with zero attached hydrogens (tertiary/aromatic N) is 2. The molecule has 1 heterocycles. The monoisotopic (exact) mass is 429 g/mol. The maximum atomic E-state index is 12.0. The SMILES string of the molecule is CCOC(=O)Cc1ccccc1OCc1cc(-c2cccc(CN)c2)c2cnn(C)c2c1. The molecule has 0 aliphatic rings. The van der Waals surface area contributed by atoms with Crippen LogP contribution in [0.2, 0.25) is 0 Å². The summed E-state index contributed by atoms with van der Waals surface area (Å²) in [5.41, 5.74) is 12.0.